The fraction of sp³-hybridized carbons (Fsp3) is 0.192. The molecule has 172 valence electrons. The largest absolute Gasteiger partial charge is 0.461 e. The Morgan fingerprint density at radius 1 is 0.912 bits per heavy atom. The van der Waals surface area contributed by atoms with E-state index in [0.29, 0.717) is 5.02 Å². The van der Waals surface area contributed by atoms with Crippen LogP contribution in [0.4, 0.5) is 11.4 Å². The number of halogens is 1. The predicted molar refractivity (Wildman–Crippen MR) is 139 cm³/mol. The van der Waals surface area contributed by atoms with E-state index in [0.717, 1.165) is 34.6 Å². The first-order valence-electron chi connectivity index (χ1n) is 11.1. The zero-order chi connectivity index (χ0) is 23.7. The van der Waals surface area contributed by atoms with Crippen molar-refractivity contribution in [3.8, 4) is 0 Å². The minimum atomic E-state index is -0.980. The smallest absolute Gasteiger partial charge is 0.365 e. The lowest BCUT2D eigenvalue weighted by molar-refractivity contribution is -0.134. The van der Waals surface area contributed by atoms with Crippen molar-refractivity contribution in [1.29, 1.82) is 0 Å². The third kappa shape index (κ3) is 3.65. The molecule has 8 heteroatoms. The number of anilines is 2. The molecule has 2 aliphatic heterocycles. The van der Waals surface area contributed by atoms with Gasteiger partial charge in [0.2, 0.25) is 10.0 Å². The Kier molecular flexibility index (Phi) is 6.06. The van der Waals surface area contributed by atoms with Gasteiger partial charge < -0.3 is 4.74 Å². The van der Waals surface area contributed by atoms with Gasteiger partial charge in [-0.15, -0.1) is 0 Å². The number of thioether (sulfide) groups is 1. The molecular weight excluding hydrogens is 468 g/mol. The van der Waals surface area contributed by atoms with Crippen LogP contribution in [0.3, 0.4) is 0 Å². The van der Waals surface area contributed by atoms with Crippen LogP contribution in [0, 0.1) is 0 Å². The van der Waals surface area contributed by atoms with Crippen molar-refractivity contribution in [2.45, 2.75) is 25.3 Å². The second-order valence-corrected chi connectivity index (χ2v) is 9.31. The number of nitrogens with zero attached hydrogens (tertiary/aromatic N) is 4. The van der Waals surface area contributed by atoms with Crippen molar-refractivity contribution in [2.75, 3.05) is 16.6 Å². The van der Waals surface area contributed by atoms with Gasteiger partial charge in [0.15, 0.2) is 0 Å². The number of carbonyl (C=O) groups excluding carboxylic acids is 1. The van der Waals surface area contributed by atoms with Crippen LogP contribution in [0.15, 0.2) is 89.1 Å². The van der Waals surface area contributed by atoms with Crippen molar-refractivity contribution >= 4 is 51.5 Å². The normalized spacial score (nSPS) is 19.0. The molecule has 0 bridgehead atoms. The Labute approximate surface area is 207 Å². The highest BCUT2D eigenvalue weighted by Gasteiger charge is 2.56. The third-order valence-electron chi connectivity index (χ3n) is 5.67. The van der Waals surface area contributed by atoms with E-state index in [1.165, 1.54) is 11.8 Å². The second kappa shape index (κ2) is 9.16. The molecule has 34 heavy (non-hydrogen) atoms. The van der Waals surface area contributed by atoms with Gasteiger partial charge in [0.25, 0.3) is 0 Å². The van der Waals surface area contributed by atoms with Gasteiger partial charge in [0, 0.05) is 16.1 Å². The van der Waals surface area contributed by atoms with Crippen molar-refractivity contribution < 1.29 is 9.53 Å². The monoisotopic (exact) mass is 490 g/mol. The van der Waals surface area contributed by atoms with Crippen molar-refractivity contribution in [1.82, 2.24) is 0 Å². The number of hydrogen-bond acceptors (Lipinski definition) is 7. The molecule has 0 aromatic heterocycles. The molecule has 2 aliphatic rings. The van der Waals surface area contributed by atoms with Gasteiger partial charge in [-0.1, -0.05) is 61.0 Å². The summed E-state index contributed by atoms with van der Waals surface area (Å²) in [5, 5.41) is 14.6. The summed E-state index contributed by atoms with van der Waals surface area (Å²) in [4.78, 5) is 11.9. The number of fused-ring (bicyclic) bond motifs is 2. The number of carbonyl (C=O) groups is 1. The van der Waals surface area contributed by atoms with Crippen molar-refractivity contribution in [3.05, 3.63) is 95.0 Å². The average molecular weight is 491 g/mol. The molecule has 3 aromatic carbocycles. The predicted octanol–water partition coefficient (Wildman–Crippen LogP) is 6.21. The van der Waals surface area contributed by atoms with Crippen LogP contribution >= 0.6 is 23.4 Å². The summed E-state index contributed by atoms with van der Waals surface area (Å²) in [6, 6.07) is 25.5. The summed E-state index contributed by atoms with van der Waals surface area (Å²) < 4.78 is 5.34. The number of ether oxygens (including phenoxy) is 1. The average Bonchev–Trinajstić information content (AvgIpc) is 3.27. The molecule has 1 atom stereocenters. The van der Waals surface area contributed by atoms with E-state index in [1.807, 2.05) is 76.7 Å². The van der Waals surface area contributed by atoms with Gasteiger partial charge >= 0.3 is 5.97 Å². The van der Waals surface area contributed by atoms with Crippen LogP contribution in [-0.2, 0) is 14.5 Å². The van der Waals surface area contributed by atoms with Crippen molar-refractivity contribution in [2.24, 2.45) is 10.2 Å². The fourth-order valence-electron chi connectivity index (χ4n) is 4.19. The second-order valence-electron chi connectivity index (χ2n) is 7.72. The van der Waals surface area contributed by atoms with E-state index in [9.17, 15) is 4.79 Å². The van der Waals surface area contributed by atoms with E-state index in [-0.39, 0.29) is 11.7 Å². The first-order chi connectivity index (χ1) is 16.6. The molecule has 2 heterocycles. The van der Waals surface area contributed by atoms with Crippen LogP contribution in [0.25, 0.3) is 0 Å². The van der Waals surface area contributed by atoms with Gasteiger partial charge in [-0.2, -0.15) is 10.2 Å². The number of hydrogen-bond donors (Lipinski definition) is 0. The minimum absolute atomic E-state index is 0.266. The van der Waals surface area contributed by atoms with Gasteiger partial charge in [0.05, 0.1) is 23.7 Å². The highest BCUT2D eigenvalue weighted by molar-refractivity contribution is 8.16. The first-order valence-corrected chi connectivity index (χ1v) is 12.3. The Morgan fingerprint density at radius 3 is 2.26 bits per heavy atom. The molecule has 0 radical (unpaired) electrons. The maximum Gasteiger partial charge on any atom is 0.365 e. The van der Waals surface area contributed by atoms with Gasteiger partial charge in [-0.25, -0.2) is 14.8 Å². The molecule has 1 unspecified atom stereocenters. The first kappa shape index (κ1) is 22.5. The standard InChI is InChI=1S/C26H23ClN4O2S/c1-3-23-21-12-8-9-13-22(21)26(30(28-23)19-10-6-5-7-11-19)31(20-16-14-18(27)15-17-20)29-24(34-26)25(32)33-4-2/h5-17H,3-4H2,1-2H3. The van der Waals surface area contributed by atoms with E-state index < -0.39 is 11.0 Å². The summed E-state index contributed by atoms with van der Waals surface area (Å²) in [7, 11) is 0. The summed E-state index contributed by atoms with van der Waals surface area (Å²) in [6.07, 6.45) is 0.758. The summed E-state index contributed by atoms with van der Waals surface area (Å²) in [6.45, 7) is 4.15. The SMILES string of the molecule is CCOC(=O)C1=NN(c2ccc(Cl)cc2)C2(S1)c1ccccc1C(CC)=NN2c1ccccc1. The topological polar surface area (TPSA) is 57.5 Å². The van der Waals surface area contributed by atoms with Gasteiger partial charge in [-0.3, -0.25) is 0 Å². The van der Waals surface area contributed by atoms with Crippen LogP contribution in [0.2, 0.25) is 5.02 Å². The molecule has 0 aliphatic carbocycles. The molecule has 1 spiro atoms. The number of benzene rings is 3. The van der Waals surface area contributed by atoms with E-state index in [2.05, 4.69) is 19.1 Å². The van der Waals surface area contributed by atoms with Gasteiger partial charge in [0.1, 0.15) is 0 Å². The molecular formula is C26H23ClN4O2S. The number of esters is 1. The minimum Gasteiger partial charge on any atom is -0.461 e. The molecule has 3 aromatic rings. The van der Waals surface area contributed by atoms with Crippen LogP contribution in [0.1, 0.15) is 31.4 Å². The Balaban J connectivity index is 1.79. The van der Waals surface area contributed by atoms with Crippen molar-refractivity contribution in [3.63, 3.8) is 0 Å². The maximum absolute atomic E-state index is 12.9. The lowest BCUT2D eigenvalue weighted by Gasteiger charge is -2.47. The summed E-state index contributed by atoms with van der Waals surface area (Å²) in [5.41, 5.74) is 4.65. The zero-order valence-electron chi connectivity index (χ0n) is 18.8. The Morgan fingerprint density at radius 2 is 1.56 bits per heavy atom. The van der Waals surface area contributed by atoms with E-state index >= 15 is 0 Å². The van der Waals surface area contributed by atoms with E-state index in [1.54, 1.807) is 6.92 Å². The van der Waals surface area contributed by atoms with E-state index in [4.69, 9.17) is 26.5 Å². The fourth-order valence-corrected chi connectivity index (χ4v) is 5.60. The lowest BCUT2D eigenvalue weighted by atomic mass is 9.96. The number of rotatable bonds is 5. The third-order valence-corrected chi connectivity index (χ3v) is 7.21. The molecule has 5 rings (SSSR count). The van der Waals surface area contributed by atoms with Crippen LogP contribution < -0.4 is 10.0 Å². The van der Waals surface area contributed by atoms with Crippen LogP contribution in [-0.4, -0.2) is 23.3 Å². The molecule has 0 fully saturated rings. The molecule has 0 saturated carbocycles. The quantitative estimate of drug-likeness (QED) is 0.398. The summed E-state index contributed by atoms with van der Waals surface area (Å²) >= 11 is 7.53. The molecule has 6 nitrogen and oxygen atoms in total. The number of para-hydroxylation sites is 1. The molecule has 0 N–H and O–H groups in total. The highest BCUT2D eigenvalue weighted by Crippen LogP contribution is 2.54. The Bertz CT molecular complexity index is 1280. The lowest BCUT2D eigenvalue weighted by Crippen LogP contribution is -2.54. The number of hydrazone groups is 2. The van der Waals surface area contributed by atoms with Gasteiger partial charge in [-0.05, 0) is 61.5 Å². The molecule has 0 saturated heterocycles. The maximum atomic E-state index is 12.9. The van der Waals surface area contributed by atoms with Crippen LogP contribution in [0.5, 0.6) is 0 Å². The molecule has 0 amide bonds. The Hall–Kier alpha value is -3.29. The summed E-state index contributed by atoms with van der Waals surface area (Å²) in [5.74, 6) is -0.459. The highest BCUT2D eigenvalue weighted by atomic mass is 35.5. The zero-order valence-corrected chi connectivity index (χ0v) is 20.4.